The fourth-order valence-corrected chi connectivity index (χ4v) is 3.01. The predicted molar refractivity (Wildman–Crippen MR) is 85.5 cm³/mol. The molecule has 1 aliphatic rings. The molecule has 0 amide bonds. The summed E-state index contributed by atoms with van der Waals surface area (Å²) in [5.41, 5.74) is 1.41. The lowest BCUT2D eigenvalue weighted by atomic mass is 10.1. The molecule has 118 valence electrons. The molecule has 1 aliphatic heterocycles. The summed E-state index contributed by atoms with van der Waals surface area (Å²) in [5, 5.41) is 12.7. The van der Waals surface area contributed by atoms with Gasteiger partial charge in [0.15, 0.2) is 0 Å². The summed E-state index contributed by atoms with van der Waals surface area (Å²) in [6, 6.07) is 11.5. The van der Waals surface area contributed by atoms with Crippen LogP contribution in [0.1, 0.15) is 18.4 Å². The van der Waals surface area contributed by atoms with Crippen molar-refractivity contribution in [3.05, 3.63) is 35.9 Å². The van der Waals surface area contributed by atoms with Crippen LogP contribution in [0, 0.1) is 0 Å². The van der Waals surface area contributed by atoms with Gasteiger partial charge in [0.1, 0.15) is 0 Å². The van der Waals surface area contributed by atoms with Gasteiger partial charge >= 0.3 is 0 Å². The number of hydrogen-bond acceptors (Lipinski definition) is 4. The molecule has 0 saturated carbocycles. The van der Waals surface area contributed by atoms with Crippen molar-refractivity contribution in [2.75, 3.05) is 40.0 Å². The molecule has 4 nitrogen and oxygen atoms in total. The molecule has 2 atom stereocenters. The minimum Gasteiger partial charge on any atom is -0.396 e. The van der Waals surface area contributed by atoms with Gasteiger partial charge in [0.2, 0.25) is 0 Å². The second-order valence-corrected chi connectivity index (χ2v) is 5.85. The van der Waals surface area contributed by atoms with E-state index in [4.69, 9.17) is 9.84 Å². The number of methoxy groups -OCH3 is 1. The van der Waals surface area contributed by atoms with E-state index in [1.807, 2.05) is 0 Å². The van der Waals surface area contributed by atoms with Crippen molar-refractivity contribution < 1.29 is 9.84 Å². The fourth-order valence-electron chi connectivity index (χ4n) is 3.01. The van der Waals surface area contributed by atoms with E-state index >= 15 is 0 Å². The average Bonchev–Trinajstić information content (AvgIpc) is 2.94. The summed E-state index contributed by atoms with van der Waals surface area (Å²) in [4.78, 5) is 2.52. The highest BCUT2D eigenvalue weighted by atomic mass is 16.5. The molecule has 21 heavy (non-hydrogen) atoms. The number of benzene rings is 1. The molecule has 0 radical (unpaired) electrons. The lowest BCUT2D eigenvalue weighted by molar-refractivity contribution is 0.142. The van der Waals surface area contributed by atoms with Crippen molar-refractivity contribution in [2.24, 2.45) is 0 Å². The highest BCUT2D eigenvalue weighted by Crippen LogP contribution is 2.12. The third-order valence-corrected chi connectivity index (χ3v) is 4.15. The van der Waals surface area contributed by atoms with E-state index in [2.05, 4.69) is 40.5 Å². The zero-order valence-electron chi connectivity index (χ0n) is 13.0. The third kappa shape index (κ3) is 5.75. The molecule has 2 unspecified atom stereocenters. The summed E-state index contributed by atoms with van der Waals surface area (Å²) < 4.78 is 5.21. The number of likely N-dealkylation sites (tertiary alicyclic amines) is 1. The number of nitrogens with one attached hydrogen (secondary N) is 1. The van der Waals surface area contributed by atoms with E-state index in [-0.39, 0.29) is 12.6 Å². The molecule has 0 aliphatic carbocycles. The van der Waals surface area contributed by atoms with E-state index in [9.17, 15) is 0 Å². The summed E-state index contributed by atoms with van der Waals surface area (Å²) in [7, 11) is 1.72. The maximum atomic E-state index is 9.09. The Morgan fingerprint density at radius 1 is 1.38 bits per heavy atom. The van der Waals surface area contributed by atoms with Crippen LogP contribution in [0.25, 0.3) is 0 Å². The number of nitrogens with zero attached hydrogens (tertiary/aromatic N) is 1. The molecule has 1 fully saturated rings. The van der Waals surface area contributed by atoms with Crippen LogP contribution in [0.3, 0.4) is 0 Å². The first-order valence-corrected chi connectivity index (χ1v) is 7.94. The summed E-state index contributed by atoms with van der Waals surface area (Å²) in [6.07, 6.45) is 3.06. The topological polar surface area (TPSA) is 44.7 Å². The Morgan fingerprint density at radius 3 is 2.90 bits per heavy atom. The average molecular weight is 292 g/mol. The molecule has 1 saturated heterocycles. The fraction of sp³-hybridized carbons (Fsp3) is 0.647. The number of aliphatic hydroxyl groups is 1. The van der Waals surface area contributed by atoms with Gasteiger partial charge < -0.3 is 20.1 Å². The van der Waals surface area contributed by atoms with Crippen molar-refractivity contribution >= 4 is 0 Å². The van der Waals surface area contributed by atoms with E-state index in [1.165, 1.54) is 12.0 Å². The second kappa shape index (κ2) is 9.15. The van der Waals surface area contributed by atoms with Crippen LogP contribution in [0.5, 0.6) is 0 Å². The Hall–Kier alpha value is -0.940. The smallest absolute Gasteiger partial charge is 0.0616 e. The second-order valence-electron chi connectivity index (χ2n) is 5.85. The number of aliphatic hydroxyl groups excluding tert-OH is 1. The van der Waals surface area contributed by atoms with Crippen molar-refractivity contribution in [3.8, 4) is 0 Å². The largest absolute Gasteiger partial charge is 0.396 e. The van der Waals surface area contributed by atoms with Crippen molar-refractivity contribution in [2.45, 2.75) is 31.3 Å². The van der Waals surface area contributed by atoms with Gasteiger partial charge in [0.25, 0.3) is 0 Å². The SMILES string of the molecule is COCC(CCO)NC1CCN(CCc2ccccc2)C1. The Kier molecular flexibility index (Phi) is 7.16. The molecule has 2 rings (SSSR count). The molecule has 0 bridgehead atoms. The summed E-state index contributed by atoms with van der Waals surface area (Å²) in [5.74, 6) is 0. The standard InChI is InChI=1S/C17H28N2O2/c1-21-14-17(9-12-20)18-16-8-11-19(13-16)10-7-15-5-3-2-4-6-15/h2-6,16-18,20H,7-14H2,1H3. The van der Waals surface area contributed by atoms with Gasteiger partial charge in [0.05, 0.1) is 6.61 Å². The van der Waals surface area contributed by atoms with Gasteiger partial charge in [-0.1, -0.05) is 30.3 Å². The summed E-state index contributed by atoms with van der Waals surface area (Å²) >= 11 is 0. The molecule has 1 aromatic rings. The van der Waals surface area contributed by atoms with Crippen LogP contribution in [0.15, 0.2) is 30.3 Å². The zero-order chi connectivity index (χ0) is 14.9. The maximum Gasteiger partial charge on any atom is 0.0616 e. The van der Waals surface area contributed by atoms with Gasteiger partial charge in [-0.3, -0.25) is 0 Å². The summed E-state index contributed by atoms with van der Waals surface area (Å²) in [6.45, 7) is 4.26. The van der Waals surface area contributed by atoms with Crippen LogP contribution >= 0.6 is 0 Å². The van der Waals surface area contributed by atoms with Crippen LogP contribution < -0.4 is 5.32 Å². The van der Waals surface area contributed by atoms with Crippen molar-refractivity contribution in [1.82, 2.24) is 10.2 Å². The van der Waals surface area contributed by atoms with Crippen LogP contribution in [0.2, 0.25) is 0 Å². The molecule has 0 aromatic heterocycles. The van der Waals surface area contributed by atoms with E-state index in [0.29, 0.717) is 12.6 Å². The normalized spacial score (nSPS) is 20.8. The highest BCUT2D eigenvalue weighted by molar-refractivity contribution is 5.14. The van der Waals surface area contributed by atoms with Gasteiger partial charge in [-0.25, -0.2) is 0 Å². The quantitative estimate of drug-likeness (QED) is 0.720. The molecule has 4 heteroatoms. The Morgan fingerprint density at radius 2 is 2.19 bits per heavy atom. The number of rotatable bonds is 9. The van der Waals surface area contributed by atoms with Crippen LogP contribution in [-0.4, -0.2) is 62.0 Å². The number of hydrogen-bond donors (Lipinski definition) is 2. The minimum absolute atomic E-state index is 0.214. The first-order valence-electron chi connectivity index (χ1n) is 7.94. The van der Waals surface area contributed by atoms with Crippen molar-refractivity contribution in [3.63, 3.8) is 0 Å². The monoisotopic (exact) mass is 292 g/mol. The maximum absolute atomic E-state index is 9.09. The molecule has 2 N–H and O–H groups in total. The lowest BCUT2D eigenvalue weighted by Gasteiger charge is -2.22. The first-order chi connectivity index (χ1) is 10.3. The first kappa shape index (κ1) is 16.4. The predicted octanol–water partition coefficient (Wildman–Crippen LogP) is 1.29. The molecule has 0 spiro atoms. The van der Waals surface area contributed by atoms with Gasteiger partial charge in [-0.05, 0) is 31.4 Å². The molecule has 1 heterocycles. The Balaban J connectivity index is 1.70. The van der Waals surface area contributed by atoms with Crippen molar-refractivity contribution in [1.29, 1.82) is 0 Å². The van der Waals surface area contributed by atoms with E-state index in [1.54, 1.807) is 7.11 Å². The van der Waals surface area contributed by atoms with E-state index < -0.39 is 0 Å². The van der Waals surface area contributed by atoms with Gasteiger partial charge in [-0.15, -0.1) is 0 Å². The Bertz CT molecular complexity index is 380. The molecular weight excluding hydrogens is 264 g/mol. The molecule has 1 aromatic carbocycles. The van der Waals surface area contributed by atoms with Gasteiger partial charge in [0, 0.05) is 38.9 Å². The Labute approximate surface area is 128 Å². The third-order valence-electron chi connectivity index (χ3n) is 4.15. The van der Waals surface area contributed by atoms with Gasteiger partial charge in [-0.2, -0.15) is 0 Å². The highest BCUT2D eigenvalue weighted by Gasteiger charge is 2.24. The lowest BCUT2D eigenvalue weighted by Crippen LogP contribution is -2.43. The minimum atomic E-state index is 0.214. The zero-order valence-corrected chi connectivity index (χ0v) is 13.0. The van der Waals surface area contributed by atoms with Crippen LogP contribution in [0.4, 0.5) is 0 Å². The molecular formula is C17H28N2O2. The van der Waals surface area contributed by atoms with E-state index in [0.717, 1.165) is 32.5 Å². The number of ether oxygens (including phenoxy) is 1. The van der Waals surface area contributed by atoms with Crippen LogP contribution in [-0.2, 0) is 11.2 Å².